The van der Waals surface area contributed by atoms with Crippen molar-refractivity contribution in [3.05, 3.63) is 54.0 Å². The second-order valence-corrected chi connectivity index (χ2v) is 6.15. The molecule has 5 rings (SSSR count). The van der Waals surface area contributed by atoms with Gasteiger partial charge in [0.25, 0.3) is 5.91 Å². The van der Waals surface area contributed by atoms with Crippen LogP contribution in [0, 0.1) is 0 Å². The highest BCUT2D eigenvalue weighted by molar-refractivity contribution is 5.94. The lowest BCUT2D eigenvalue weighted by molar-refractivity contribution is 0.0937. The van der Waals surface area contributed by atoms with E-state index in [9.17, 15) is 4.79 Å². The first-order valence-electron chi connectivity index (χ1n) is 8.46. The van der Waals surface area contributed by atoms with Gasteiger partial charge in [-0.25, -0.2) is 15.0 Å². The fraction of sp³-hybridized carbons (Fsp3) is 0.235. The quantitative estimate of drug-likeness (QED) is 0.556. The molecular formula is C17H15N7O3. The molecule has 0 spiro atoms. The summed E-state index contributed by atoms with van der Waals surface area (Å²) in [7, 11) is 0. The summed E-state index contributed by atoms with van der Waals surface area (Å²) in [5.41, 5.74) is 1.83. The second-order valence-electron chi connectivity index (χ2n) is 6.15. The topological polar surface area (TPSA) is 126 Å². The Morgan fingerprint density at radius 2 is 2.30 bits per heavy atom. The van der Waals surface area contributed by atoms with Crippen molar-refractivity contribution < 1.29 is 13.7 Å². The maximum atomic E-state index is 12.5. The maximum Gasteiger partial charge on any atom is 0.274 e. The van der Waals surface area contributed by atoms with Crippen LogP contribution in [0.15, 0.2) is 40.0 Å². The van der Waals surface area contributed by atoms with E-state index in [1.54, 1.807) is 0 Å². The third-order valence-corrected chi connectivity index (χ3v) is 4.56. The van der Waals surface area contributed by atoms with Gasteiger partial charge in [-0.2, -0.15) is 0 Å². The van der Waals surface area contributed by atoms with E-state index in [0.29, 0.717) is 18.9 Å². The van der Waals surface area contributed by atoms with E-state index in [-0.39, 0.29) is 18.1 Å². The minimum absolute atomic E-state index is 0.188. The van der Waals surface area contributed by atoms with Gasteiger partial charge in [-0.05, 0) is 6.07 Å². The van der Waals surface area contributed by atoms with E-state index >= 15 is 0 Å². The Morgan fingerprint density at radius 1 is 1.33 bits per heavy atom. The van der Waals surface area contributed by atoms with Gasteiger partial charge >= 0.3 is 0 Å². The van der Waals surface area contributed by atoms with E-state index in [2.05, 4.69) is 35.3 Å². The predicted molar refractivity (Wildman–Crippen MR) is 92.8 cm³/mol. The molecule has 1 amide bonds. The molecule has 0 saturated heterocycles. The van der Waals surface area contributed by atoms with Crippen LogP contribution in [0.5, 0.6) is 0 Å². The molecule has 10 heteroatoms. The summed E-state index contributed by atoms with van der Waals surface area (Å²) >= 11 is 0. The SMILES string of the molecule is O=C(NCc1ncco1)c1noc2c1CN(c1ncnc3[nH]ccc13)CC2. The Hall–Kier alpha value is -3.69. The Kier molecular flexibility index (Phi) is 3.59. The molecule has 0 aromatic carbocycles. The van der Waals surface area contributed by atoms with Crippen molar-refractivity contribution in [2.75, 3.05) is 11.4 Å². The normalized spacial score (nSPS) is 13.7. The fourth-order valence-electron chi connectivity index (χ4n) is 3.26. The number of carbonyl (C=O) groups is 1. The largest absolute Gasteiger partial charge is 0.447 e. The third kappa shape index (κ3) is 2.71. The smallest absolute Gasteiger partial charge is 0.274 e. The van der Waals surface area contributed by atoms with Crippen LogP contribution in [0.1, 0.15) is 27.7 Å². The molecule has 0 unspecified atom stereocenters. The summed E-state index contributed by atoms with van der Waals surface area (Å²) in [5.74, 6) is 1.65. The number of aromatic nitrogens is 5. The number of hydrogen-bond donors (Lipinski definition) is 2. The minimum Gasteiger partial charge on any atom is -0.447 e. The van der Waals surface area contributed by atoms with Crippen molar-refractivity contribution in [1.29, 1.82) is 0 Å². The Balaban J connectivity index is 1.40. The van der Waals surface area contributed by atoms with Crippen LogP contribution in [-0.4, -0.2) is 37.5 Å². The predicted octanol–water partition coefficient (Wildman–Crippen LogP) is 1.43. The third-order valence-electron chi connectivity index (χ3n) is 4.56. The summed E-state index contributed by atoms with van der Waals surface area (Å²) in [5, 5.41) is 7.66. The van der Waals surface area contributed by atoms with E-state index in [1.165, 1.54) is 18.8 Å². The summed E-state index contributed by atoms with van der Waals surface area (Å²) in [6.45, 7) is 1.39. The standard InChI is InChI=1S/C17H15N7O3/c25-17(20-7-13-18-4-6-26-13)14-11-8-24(5-2-12(11)27-23-14)16-10-1-3-19-15(10)21-9-22-16/h1,3-4,6,9H,2,5,7-8H2,(H,20,25)(H,19,21,22). The van der Waals surface area contributed by atoms with E-state index < -0.39 is 0 Å². The molecule has 1 aliphatic rings. The number of rotatable bonds is 4. The van der Waals surface area contributed by atoms with Crippen molar-refractivity contribution in [3.63, 3.8) is 0 Å². The molecule has 4 aromatic rings. The lowest BCUT2D eigenvalue weighted by atomic mass is 10.1. The number of nitrogens with one attached hydrogen (secondary N) is 2. The second kappa shape index (κ2) is 6.24. The van der Waals surface area contributed by atoms with Gasteiger partial charge in [0.1, 0.15) is 29.8 Å². The van der Waals surface area contributed by atoms with Gasteiger partial charge in [-0.3, -0.25) is 4.79 Å². The van der Waals surface area contributed by atoms with Crippen molar-refractivity contribution in [1.82, 2.24) is 30.4 Å². The van der Waals surface area contributed by atoms with Crippen LogP contribution in [-0.2, 0) is 19.5 Å². The number of anilines is 1. The molecule has 0 aliphatic carbocycles. The molecule has 10 nitrogen and oxygen atoms in total. The molecule has 0 bridgehead atoms. The summed E-state index contributed by atoms with van der Waals surface area (Å²) in [6, 6.07) is 1.94. The zero-order chi connectivity index (χ0) is 18.2. The molecule has 0 fully saturated rings. The number of oxazole rings is 1. The molecule has 0 saturated carbocycles. The van der Waals surface area contributed by atoms with Crippen molar-refractivity contribution in [2.24, 2.45) is 0 Å². The molecule has 1 aliphatic heterocycles. The van der Waals surface area contributed by atoms with E-state index in [0.717, 1.165) is 34.7 Å². The molecule has 136 valence electrons. The Labute approximate surface area is 152 Å². The average Bonchev–Trinajstić information content (AvgIpc) is 3.45. The number of H-pyrrole nitrogens is 1. The van der Waals surface area contributed by atoms with Gasteiger partial charge in [0.15, 0.2) is 5.69 Å². The summed E-state index contributed by atoms with van der Waals surface area (Å²) in [6.07, 6.45) is 6.99. The van der Waals surface area contributed by atoms with Gasteiger partial charge in [0.2, 0.25) is 5.89 Å². The lowest BCUT2D eigenvalue weighted by Gasteiger charge is -2.27. The molecule has 0 radical (unpaired) electrons. The van der Waals surface area contributed by atoms with Crippen LogP contribution >= 0.6 is 0 Å². The van der Waals surface area contributed by atoms with Gasteiger partial charge in [-0.1, -0.05) is 5.16 Å². The number of nitrogens with zero attached hydrogens (tertiary/aromatic N) is 5. The highest BCUT2D eigenvalue weighted by atomic mass is 16.5. The number of hydrogen-bond acceptors (Lipinski definition) is 8. The Morgan fingerprint density at radius 3 is 3.19 bits per heavy atom. The first-order chi connectivity index (χ1) is 13.3. The van der Waals surface area contributed by atoms with Crippen LogP contribution in [0.25, 0.3) is 11.0 Å². The highest BCUT2D eigenvalue weighted by Crippen LogP contribution is 2.29. The monoisotopic (exact) mass is 365 g/mol. The van der Waals surface area contributed by atoms with Crippen molar-refractivity contribution >= 4 is 22.8 Å². The molecule has 4 aromatic heterocycles. The van der Waals surface area contributed by atoms with Gasteiger partial charge in [0, 0.05) is 24.7 Å². The zero-order valence-electron chi connectivity index (χ0n) is 14.2. The van der Waals surface area contributed by atoms with E-state index in [1.807, 2.05) is 12.3 Å². The first-order valence-corrected chi connectivity index (χ1v) is 8.46. The number of amides is 1. The van der Waals surface area contributed by atoms with Crippen LogP contribution in [0.2, 0.25) is 0 Å². The molecule has 5 heterocycles. The van der Waals surface area contributed by atoms with Gasteiger partial charge in [-0.15, -0.1) is 0 Å². The van der Waals surface area contributed by atoms with Crippen LogP contribution in [0.3, 0.4) is 0 Å². The fourth-order valence-corrected chi connectivity index (χ4v) is 3.26. The van der Waals surface area contributed by atoms with Crippen LogP contribution < -0.4 is 10.2 Å². The summed E-state index contributed by atoms with van der Waals surface area (Å²) < 4.78 is 10.5. The maximum absolute atomic E-state index is 12.5. The van der Waals surface area contributed by atoms with Crippen molar-refractivity contribution in [3.8, 4) is 0 Å². The number of carbonyl (C=O) groups excluding carboxylic acids is 1. The molecule has 0 atom stereocenters. The summed E-state index contributed by atoms with van der Waals surface area (Å²) in [4.78, 5) is 30.4. The Bertz CT molecular complexity index is 1100. The number of fused-ring (bicyclic) bond motifs is 2. The molecule has 27 heavy (non-hydrogen) atoms. The molecular weight excluding hydrogens is 350 g/mol. The lowest BCUT2D eigenvalue weighted by Crippen LogP contribution is -2.32. The van der Waals surface area contributed by atoms with Crippen molar-refractivity contribution in [2.45, 2.75) is 19.5 Å². The first kappa shape index (κ1) is 15.6. The van der Waals surface area contributed by atoms with Gasteiger partial charge in [0.05, 0.1) is 24.7 Å². The average molecular weight is 365 g/mol. The van der Waals surface area contributed by atoms with Crippen LogP contribution in [0.4, 0.5) is 5.82 Å². The van der Waals surface area contributed by atoms with Gasteiger partial charge < -0.3 is 24.1 Å². The van der Waals surface area contributed by atoms with E-state index in [4.69, 9.17) is 8.94 Å². The zero-order valence-corrected chi connectivity index (χ0v) is 14.2. The minimum atomic E-state index is -0.325. The number of aromatic amines is 1. The highest BCUT2D eigenvalue weighted by Gasteiger charge is 2.29. The molecule has 2 N–H and O–H groups in total.